The highest BCUT2D eigenvalue weighted by Crippen LogP contribution is 2.31. The summed E-state index contributed by atoms with van der Waals surface area (Å²) in [7, 11) is 1.51. The third-order valence-electron chi connectivity index (χ3n) is 5.45. The summed E-state index contributed by atoms with van der Waals surface area (Å²) in [6.45, 7) is 1.56. The Hall–Kier alpha value is -4.44. The smallest absolute Gasteiger partial charge is 0.286 e. The van der Waals surface area contributed by atoms with Crippen molar-refractivity contribution in [3.05, 3.63) is 70.3 Å². The summed E-state index contributed by atoms with van der Waals surface area (Å²) in [6, 6.07) is 14.6. The van der Waals surface area contributed by atoms with Crippen molar-refractivity contribution in [2.75, 3.05) is 20.3 Å². The predicted octanol–water partition coefficient (Wildman–Crippen LogP) is 2.54. The Kier molecular flexibility index (Phi) is 5.34. The first-order chi connectivity index (χ1) is 16.5. The van der Waals surface area contributed by atoms with Crippen molar-refractivity contribution in [1.82, 2.24) is 24.9 Å². The maximum Gasteiger partial charge on any atom is 0.286 e. The largest absolute Gasteiger partial charge is 0.494 e. The quantitative estimate of drug-likeness (QED) is 0.355. The molecule has 0 bridgehead atoms. The van der Waals surface area contributed by atoms with E-state index in [-0.39, 0.29) is 30.3 Å². The molecule has 0 atom stereocenters. The van der Waals surface area contributed by atoms with Gasteiger partial charge in [-0.3, -0.25) is 14.7 Å². The third-order valence-corrected chi connectivity index (χ3v) is 5.45. The molecule has 0 aliphatic carbocycles. The van der Waals surface area contributed by atoms with Crippen molar-refractivity contribution in [2.45, 2.75) is 6.92 Å². The van der Waals surface area contributed by atoms with Gasteiger partial charge in [-0.25, -0.2) is 14.5 Å². The van der Waals surface area contributed by atoms with Gasteiger partial charge in [-0.05, 0) is 24.6 Å². The molecule has 172 valence electrons. The lowest BCUT2D eigenvalue weighted by molar-refractivity contribution is 0.0940. The first-order valence-corrected chi connectivity index (χ1v) is 10.6. The average molecular weight is 459 g/mol. The highest BCUT2D eigenvalue weighted by Gasteiger charge is 2.27. The van der Waals surface area contributed by atoms with E-state index < -0.39 is 11.5 Å². The summed E-state index contributed by atoms with van der Waals surface area (Å²) >= 11 is 0. The van der Waals surface area contributed by atoms with Crippen LogP contribution in [0.25, 0.3) is 39.3 Å². The van der Waals surface area contributed by atoms with E-state index in [0.717, 1.165) is 5.56 Å². The van der Waals surface area contributed by atoms with Gasteiger partial charge in [-0.2, -0.15) is 0 Å². The van der Waals surface area contributed by atoms with Crippen LogP contribution in [-0.2, 0) is 0 Å². The number of aryl methyl sites for hydroxylation is 1. The minimum Gasteiger partial charge on any atom is -0.494 e. The van der Waals surface area contributed by atoms with Gasteiger partial charge in [0.05, 0.1) is 13.7 Å². The van der Waals surface area contributed by atoms with E-state index in [4.69, 9.17) is 9.15 Å². The molecule has 0 spiro atoms. The summed E-state index contributed by atoms with van der Waals surface area (Å²) < 4.78 is 12.5. The van der Waals surface area contributed by atoms with Crippen molar-refractivity contribution >= 4 is 22.7 Å². The number of carbonyl (C=O) groups excluding carboxylic acids is 1. The van der Waals surface area contributed by atoms with Crippen LogP contribution in [0.3, 0.4) is 0 Å². The summed E-state index contributed by atoms with van der Waals surface area (Å²) in [5, 5.41) is 14.8. The van der Waals surface area contributed by atoms with Gasteiger partial charge in [0.2, 0.25) is 5.89 Å². The number of nitrogens with zero attached hydrogens (tertiary/aromatic N) is 3. The highest BCUT2D eigenvalue weighted by molar-refractivity contribution is 5.99. The lowest BCUT2D eigenvalue weighted by atomic mass is 10.1. The fraction of sp³-hybridized carbons (Fsp3) is 0.167. The first-order valence-electron chi connectivity index (χ1n) is 10.6. The molecular formula is C24H21N5O5. The number of amides is 1. The minimum absolute atomic E-state index is 0.00157. The second-order valence-electron chi connectivity index (χ2n) is 7.58. The standard InChI is InChI=1S/C24H21N5O5/c1-13-17(14-7-4-3-5-8-14)21-26-20(22(31)25-11-12-30)18(24(32)29(21)28-13)23-27-19-15(33-2)9-6-10-16(19)34-23/h3-10,28,30H,11-12H2,1-2H3,(H,25,31). The second-order valence-corrected chi connectivity index (χ2v) is 7.58. The molecule has 0 unspecified atom stereocenters. The number of aliphatic hydroxyl groups excluding tert-OH is 1. The number of aliphatic hydroxyl groups is 1. The summed E-state index contributed by atoms with van der Waals surface area (Å²) in [6.07, 6.45) is 0. The number of carbonyl (C=O) groups is 1. The number of para-hydroxylation sites is 1. The lowest BCUT2D eigenvalue weighted by Gasteiger charge is -2.08. The van der Waals surface area contributed by atoms with E-state index in [1.807, 2.05) is 37.3 Å². The molecular weight excluding hydrogens is 438 g/mol. The zero-order valence-corrected chi connectivity index (χ0v) is 18.5. The zero-order chi connectivity index (χ0) is 23.8. The van der Waals surface area contributed by atoms with Gasteiger partial charge in [0.25, 0.3) is 11.5 Å². The van der Waals surface area contributed by atoms with Gasteiger partial charge >= 0.3 is 0 Å². The molecule has 10 heteroatoms. The number of hydrogen-bond acceptors (Lipinski definition) is 7. The fourth-order valence-electron chi connectivity index (χ4n) is 3.94. The van der Waals surface area contributed by atoms with E-state index in [0.29, 0.717) is 33.8 Å². The Morgan fingerprint density at radius 1 is 1.15 bits per heavy atom. The number of aromatic nitrogens is 4. The summed E-state index contributed by atoms with van der Waals surface area (Å²) in [5.74, 6) is -0.222. The number of oxazole rings is 1. The SMILES string of the molecule is COc1cccc2oc(-c3c(C(=O)NCCO)nc4c(-c5ccccc5)c(C)[nH]n4c3=O)nc12. The van der Waals surface area contributed by atoms with Crippen LogP contribution in [0.2, 0.25) is 0 Å². The van der Waals surface area contributed by atoms with Crippen LogP contribution in [0.15, 0.2) is 57.7 Å². The Balaban J connectivity index is 1.82. The van der Waals surface area contributed by atoms with Gasteiger partial charge in [0.1, 0.15) is 17.0 Å². The van der Waals surface area contributed by atoms with Crippen LogP contribution in [0.4, 0.5) is 0 Å². The van der Waals surface area contributed by atoms with Gasteiger partial charge in [-0.1, -0.05) is 36.4 Å². The topological polar surface area (TPSA) is 135 Å². The van der Waals surface area contributed by atoms with Crippen molar-refractivity contribution < 1.29 is 19.1 Å². The van der Waals surface area contributed by atoms with E-state index in [1.54, 1.807) is 18.2 Å². The van der Waals surface area contributed by atoms with Gasteiger partial charge in [0, 0.05) is 17.8 Å². The van der Waals surface area contributed by atoms with E-state index >= 15 is 0 Å². The number of H-pyrrole nitrogens is 1. The fourth-order valence-corrected chi connectivity index (χ4v) is 3.94. The molecule has 0 radical (unpaired) electrons. The van der Waals surface area contributed by atoms with Crippen LogP contribution in [0.5, 0.6) is 5.75 Å². The molecule has 0 fully saturated rings. The minimum atomic E-state index is -0.629. The molecule has 10 nitrogen and oxygen atoms in total. The molecule has 3 heterocycles. The van der Waals surface area contributed by atoms with E-state index in [2.05, 4.69) is 20.4 Å². The molecule has 3 N–H and O–H groups in total. The normalized spacial score (nSPS) is 11.3. The van der Waals surface area contributed by atoms with Gasteiger partial charge < -0.3 is 19.6 Å². The monoisotopic (exact) mass is 459 g/mol. The molecule has 0 aliphatic heterocycles. The lowest BCUT2D eigenvalue weighted by Crippen LogP contribution is -2.31. The van der Waals surface area contributed by atoms with Crippen LogP contribution in [-0.4, -0.2) is 50.9 Å². The number of benzene rings is 2. The van der Waals surface area contributed by atoms with Crippen molar-refractivity contribution in [2.24, 2.45) is 0 Å². The summed E-state index contributed by atoms with van der Waals surface area (Å²) in [4.78, 5) is 35.8. The molecule has 34 heavy (non-hydrogen) atoms. The molecule has 0 saturated carbocycles. The van der Waals surface area contributed by atoms with Crippen LogP contribution in [0, 0.1) is 6.92 Å². The van der Waals surface area contributed by atoms with Crippen LogP contribution in [0.1, 0.15) is 16.2 Å². The Morgan fingerprint density at radius 3 is 2.68 bits per heavy atom. The highest BCUT2D eigenvalue weighted by atomic mass is 16.5. The van der Waals surface area contributed by atoms with Crippen LogP contribution >= 0.6 is 0 Å². The van der Waals surface area contributed by atoms with Crippen molar-refractivity contribution in [1.29, 1.82) is 0 Å². The van der Waals surface area contributed by atoms with E-state index in [1.165, 1.54) is 11.6 Å². The number of methoxy groups -OCH3 is 1. The Bertz CT molecular complexity index is 1580. The Labute approximate surface area is 192 Å². The van der Waals surface area contributed by atoms with E-state index in [9.17, 15) is 14.7 Å². The van der Waals surface area contributed by atoms with Crippen LogP contribution < -0.4 is 15.6 Å². The third kappa shape index (κ3) is 3.41. The molecule has 3 aromatic heterocycles. The zero-order valence-electron chi connectivity index (χ0n) is 18.5. The number of fused-ring (bicyclic) bond motifs is 2. The van der Waals surface area contributed by atoms with Gasteiger partial charge in [0.15, 0.2) is 16.7 Å². The molecule has 1 amide bonds. The Morgan fingerprint density at radius 2 is 1.94 bits per heavy atom. The number of hydrogen-bond donors (Lipinski definition) is 3. The average Bonchev–Trinajstić information content (AvgIpc) is 3.43. The second kappa shape index (κ2) is 8.49. The predicted molar refractivity (Wildman–Crippen MR) is 125 cm³/mol. The molecule has 5 rings (SSSR count). The summed E-state index contributed by atoms with van der Waals surface area (Å²) in [5.41, 5.74) is 2.54. The van der Waals surface area contributed by atoms with Crippen molar-refractivity contribution in [3.8, 4) is 28.3 Å². The molecule has 5 aromatic rings. The maximum absolute atomic E-state index is 13.7. The number of ether oxygens (including phenoxy) is 1. The number of rotatable bonds is 6. The number of aromatic amines is 1. The maximum atomic E-state index is 13.7. The molecule has 0 saturated heterocycles. The van der Waals surface area contributed by atoms with Crippen molar-refractivity contribution in [3.63, 3.8) is 0 Å². The number of nitrogens with one attached hydrogen (secondary N) is 2. The molecule has 2 aromatic carbocycles. The molecule has 0 aliphatic rings. The first kappa shape index (κ1) is 21.4. The van der Waals surface area contributed by atoms with Gasteiger partial charge in [-0.15, -0.1) is 0 Å².